The van der Waals surface area contributed by atoms with Crippen molar-refractivity contribution in [1.82, 2.24) is 0 Å². The van der Waals surface area contributed by atoms with E-state index in [0.29, 0.717) is 25.7 Å². The molecular weight excluding hydrogens is 1170 g/mol. The molecule has 0 spiro atoms. The van der Waals surface area contributed by atoms with Gasteiger partial charge in [-0.25, -0.2) is 9.13 Å². The smallest absolute Gasteiger partial charge is 0.462 e. The summed E-state index contributed by atoms with van der Waals surface area (Å²) in [6, 6.07) is 0. The number of unbranched alkanes of at least 4 members (excludes halogenated alkanes) is 35. The molecule has 0 aliphatic heterocycles. The van der Waals surface area contributed by atoms with Gasteiger partial charge in [-0.3, -0.25) is 37.3 Å². The fourth-order valence-corrected chi connectivity index (χ4v) is 12.1. The Morgan fingerprint density at radius 3 is 0.854 bits per heavy atom. The topological polar surface area (TPSA) is 237 Å². The van der Waals surface area contributed by atoms with Crippen LogP contribution >= 0.6 is 15.6 Å². The van der Waals surface area contributed by atoms with Gasteiger partial charge in [0.15, 0.2) is 12.2 Å². The molecule has 3 unspecified atom stereocenters. The Kier molecular flexibility index (Phi) is 59.6. The Morgan fingerprint density at radius 1 is 0.326 bits per heavy atom. The van der Waals surface area contributed by atoms with Crippen LogP contribution in [-0.2, 0) is 65.4 Å². The van der Waals surface area contributed by atoms with Gasteiger partial charge in [0.25, 0.3) is 0 Å². The normalized spacial score (nSPS) is 14.5. The molecule has 0 heterocycles. The number of phosphoric acid groups is 2. The number of aliphatic hydroxyl groups is 1. The second-order valence-corrected chi connectivity index (χ2v) is 29.4. The monoisotopic (exact) mass is 1310 g/mol. The van der Waals surface area contributed by atoms with Crippen LogP contribution in [-0.4, -0.2) is 96.7 Å². The Morgan fingerprint density at radius 2 is 0.573 bits per heavy atom. The molecule has 0 fully saturated rings. The maximum absolute atomic E-state index is 13.0. The van der Waals surface area contributed by atoms with Gasteiger partial charge in [-0.2, -0.15) is 0 Å². The molecule has 19 heteroatoms. The molecular formula is C70H136O17P2. The van der Waals surface area contributed by atoms with Gasteiger partial charge in [0.1, 0.15) is 19.3 Å². The van der Waals surface area contributed by atoms with E-state index >= 15 is 0 Å². The van der Waals surface area contributed by atoms with Crippen LogP contribution in [0.5, 0.6) is 0 Å². The minimum absolute atomic E-state index is 0.105. The van der Waals surface area contributed by atoms with Crippen LogP contribution in [0.2, 0.25) is 0 Å². The summed E-state index contributed by atoms with van der Waals surface area (Å²) in [5.41, 5.74) is 0. The molecule has 528 valence electrons. The van der Waals surface area contributed by atoms with Crippen molar-refractivity contribution < 1.29 is 80.2 Å². The van der Waals surface area contributed by atoms with Crippen LogP contribution in [0.3, 0.4) is 0 Å². The highest BCUT2D eigenvalue weighted by Gasteiger charge is 2.30. The molecule has 0 amide bonds. The van der Waals surface area contributed by atoms with Gasteiger partial charge in [0.05, 0.1) is 26.4 Å². The fourth-order valence-electron chi connectivity index (χ4n) is 10.5. The molecule has 89 heavy (non-hydrogen) atoms. The number of carbonyl (C=O) groups excluding carboxylic acids is 4. The maximum atomic E-state index is 13.0. The summed E-state index contributed by atoms with van der Waals surface area (Å²) in [4.78, 5) is 72.3. The average Bonchev–Trinajstić information content (AvgIpc) is 3.63. The second-order valence-electron chi connectivity index (χ2n) is 26.5. The van der Waals surface area contributed by atoms with E-state index in [1.807, 2.05) is 0 Å². The SMILES string of the molecule is CCCCCCCC(=O)OC[C@H](COP(=O)(O)OC[C@H](O)COP(=O)(O)OC[C@@H](COC(=O)CCCCCCCCCCCCCCC(C)C)OC(=O)CCCCCCCCCCCCCCC(C)C)OC(=O)CCCCCCCCCCCCC(C)CC. The minimum atomic E-state index is -4.95. The summed E-state index contributed by atoms with van der Waals surface area (Å²) in [5, 5.41) is 10.6. The maximum Gasteiger partial charge on any atom is 0.472 e. The Hall–Kier alpha value is -1.94. The van der Waals surface area contributed by atoms with E-state index in [-0.39, 0.29) is 25.7 Å². The standard InChI is InChI=1S/C70H136O17P2/c1-8-10-11-34-44-51-67(72)80-57-65(86-69(74)54-47-40-33-27-21-20-24-30-37-43-50-63(7)9-2)59-84-88(76,77)82-55-64(71)56-83-89(78,79)85-60-66(87-70(75)53-46-39-32-26-19-15-13-17-23-29-36-42-49-62(5)6)58-81-68(73)52-45-38-31-25-18-14-12-16-22-28-35-41-48-61(3)4/h61-66,71H,8-60H2,1-7H3,(H,76,77)(H,78,79)/t63?,64-,65+,66+/m0/s1. The molecule has 0 aromatic carbocycles. The van der Waals surface area contributed by atoms with Crippen LogP contribution in [0.25, 0.3) is 0 Å². The van der Waals surface area contributed by atoms with Gasteiger partial charge < -0.3 is 33.8 Å². The van der Waals surface area contributed by atoms with Crippen LogP contribution in [0, 0.1) is 17.8 Å². The number of hydrogen-bond acceptors (Lipinski definition) is 15. The van der Waals surface area contributed by atoms with Crippen molar-refractivity contribution in [3.05, 3.63) is 0 Å². The zero-order chi connectivity index (χ0) is 65.9. The first kappa shape index (κ1) is 87.1. The van der Waals surface area contributed by atoms with E-state index in [1.165, 1.54) is 154 Å². The number of aliphatic hydroxyl groups excluding tert-OH is 1. The molecule has 0 rings (SSSR count). The highest BCUT2D eigenvalue weighted by molar-refractivity contribution is 7.47. The lowest BCUT2D eigenvalue weighted by Gasteiger charge is -2.21. The number of hydrogen-bond donors (Lipinski definition) is 3. The lowest BCUT2D eigenvalue weighted by molar-refractivity contribution is -0.161. The van der Waals surface area contributed by atoms with Crippen LogP contribution in [0.4, 0.5) is 0 Å². The van der Waals surface area contributed by atoms with Gasteiger partial charge in [-0.05, 0) is 43.4 Å². The van der Waals surface area contributed by atoms with Crippen molar-refractivity contribution in [3.8, 4) is 0 Å². The summed E-state index contributed by atoms with van der Waals surface area (Å²) in [5.74, 6) is 0.226. The number of ether oxygens (including phenoxy) is 4. The predicted molar refractivity (Wildman–Crippen MR) is 358 cm³/mol. The summed E-state index contributed by atoms with van der Waals surface area (Å²) < 4.78 is 68.1. The highest BCUT2D eigenvalue weighted by Crippen LogP contribution is 2.45. The molecule has 0 saturated carbocycles. The average molecular weight is 1310 g/mol. The lowest BCUT2D eigenvalue weighted by atomic mass is 9.99. The number of phosphoric ester groups is 2. The zero-order valence-corrected chi connectivity index (χ0v) is 59.7. The molecule has 0 bridgehead atoms. The van der Waals surface area contributed by atoms with E-state index in [4.69, 9.17) is 37.0 Å². The van der Waals surface area contributed by atoms with Gasteiger partial charge >= 0.3 is 39.5 Å². The van der Waals surface area contributed by atoms with Crippen molar-refractivity contribution in [2.45, 2.75) is 369 Å². The molecule has 0 aromatic rings. The predicted octanol–water partition coefficient (Wildman–Crippen LogP) is 19.8. The van der Waals surface area contributed by atoms with Gasteiger partial charge in [-0.1, -0.05) is 299 Å². The number of carbonyl (C=O) groups is 4. The third-order valence-electron chi connectivity index (χ3n) is 16.5. The lowest BCUT2D eigenvalue weighted by Crippen LogP contribution is -2.30. The van der Waals surface area contributed by atoms with E-state index < -0.39 is 97.5 Å². The third kappa shape index (κ3) is 63.2. The summed E-state index contributed by atoms with van der Waals surface area (Å²) >= 11 is 0. The quantitative estimate of drug-likeness (QED) is 0.0222. The molecule has 6 atom stereocenters. The Balaban J connectivity index is 5.17. The summed E-state index contributed by atoms with van der Waals surface area (Å²) in [6.45, 7) is 11.8. The molecule has 0 aromatic heterocycles. The first-order valence-corrected chi connectivity index (χ1v) is 39.4. The molecule has 0 saturated heterocycles. The molecule has 17 nitrogen and oxygen atoms in total. The Labute approximate surface area is 543 Å². The minimum Gasteiger partial charge on any atom is -0.462 e. The second kappa shape index (κ2) is 61.0. The summed E-state index contributed by atoms with van der Waals surface area (Å²) in [7, 11) is -9.89. The molecule has 0 aliphatic carbocycles. The molecule has 0 aliphatic rings. The number of rotatable bonds is 68. The van der Waals surface area contributed by atoms with Crippen molar-refractivity contribution >= 4 is 39.5 Å². The first-order chi connectivity index (χ1) is 42.8. The van der Waals surface area contributed by atoms with Crippen molar-refractivity contribution in [3.63, 3.8) is 0 Å². The van der Waals surface area contributed by atoms with Crippen LogP contribution in [0.1, 0.15) is 350 Å². The van der Waals surface area contributed by atoms with E-state index in [9.17, 15) is 43.2 Å². The third-order valence-corrected chi connectivity index (χ3v) is 18.4. The van der Waals surface area contributed by atoms with Gasteiger partial charge in [0.2, 0.25) is 0 Å². The van der Waals surface area contributed by atoms with E-state index in [0.717, 1.165) is 114 Å². The van der Waals surface area contributed by atoms with E-state index in [2.05, 4.69) is 48.5 Å². The van der Waals surface area contributed by atoms with Crippen molar-refractivity contribution in [2.24, 2.45) is 17.8 Å². The van der Waals surface area contributed by atoms with Gasteiger partial charge in [-0.15, -0.1) is 0 Å². The highest BCUT2D eigenvalue weighted by atomic mass is 31.2. The van der Waals surface area contributed by atoms with Crippen LogP contribution < -0.4 is 0 Å². The molecule has 0 radical (unpaired) electrons. The summed E-state index contributed by atoms with van der Waals surface area (Å²) in [6.07, 6.45) is 44.7. The van der Waals surface area contributed by atoms with E-state index in [1.54, 1.807) is 0 Å². The van der Waals surface area contributed by atoms with Crippen LogP contribution in [0.15, 0.2) is 0 Å². The van der Waals surface area contributed by atoms with Gasteiger partial charge in [0, 0.05) is 25.7 Å². The zero-order valence-electron chi connectivity index (χ0n) is 57.9. The molecule has 3 N–H and O–H groups in total. The fraction of sp³-hybridized carbons (Fsp3) is 0.943. The first-order valence-electron chi connectivity index (χ1n) is 36.4. The van der Waals surface area contributed by atoms with Crippen molar-refractivity contribution in [2.75, 3.05) is 39.6 Å². The Bertz CT molecular complexity index is 1750. The van der Waals surface area contributed by atoms with Crippen molar-refractivity contribution in [1.29, 1.82) is 0 Å². The largest absolute Gasteiger partial charge is 0.472 e. The number of esters is 4.